The van der Waals surface area contributed by atoms with E-state index in [0.29, 0.717) is 18.8 Å². The van der Waals surface area contributed by atoms with Gasteiger partial charge < -0.3 is 19.6 Å². The third-order valence-electron chi connectivity index (χ3n) is 3.87. The molecule has 1 aromatic carbocycles. The zero-order valence-electron chi connectivity index (χ0n) is 13.9. The molecule has 0 saturated heterocycles. The van der Waals surface area contributed by atoms with Crippen LogP contribution in [-0.2, 0) is 11.8 Å². The number of carbonyl (C=O) groups is 1. The summed E-state index contributed by atoms with van der Waals surface area (Å²) in [5.74, 6) is -0.379. The molecule has 8 heteroatoms. The molecule has 0 unspecified atom stereocenters. The maximum atomic E-state index is 12.8. The van der Waals surface area contributed by atoms with Crippen LogP contribution < -0.4 is 16.6 Å². The fourth-order valence-electron chi connectivity index (χ4n) is 2.72. The maximum Gasteiger partial charge on any atom is 0.333 e. The van der Waals surface area contributed by atoms with Crippen molar-refractivity contribution in [1.29, 1.82) is 0 Å². The summed E-state index contributed by atoms with van der Waals surface area (Å²) < 4.78 is 7.48. The van der Waals surface area contributed by atoms with Gasteiger partial charge in [0.05, 0.1) is 23.4 Å². The zero-order chi connectivity index (χ0) is 18.0. The van der Waals surface area contributed by atoms with Crippen molar-refractivity contribution in [2.24, 2.45) is 7.05 Å². The first-order valence-electron chi connectivity index (χ1n) is 7.71. The van der Waals surface area contributed by atoms with Gasteiger partial charge in [0.2, 0.25) is 0 Å². The Morgan fingerprint density at radius 3 is 2.64 bits per heavy atom. The second-order valence-electron chi connectivity index (χ2n) is 5.53. The van der Waals surface area contributed by atoms with Crippen molar-refractivity contribution in [2.45, 2.75) is 0 Å². The largest absolute Gasteiger partial charge is 0.383 e. The van der Waals surface area contributed by atoms with Crippen LogP contribution in [0.1, 0.15) is 10.4 Å². The molecule has 0 aliphatic carbocycles. The van der Waals surface area contributed by atoms with Crippen molar-refractivity contribution in [3.05, 3.63) is 62.9 Å². The molecule has 8 nitrogen and oxygen atoms in total. The molecule has 2 aromatic heterocycles. The molecule has 0 saturated carbocycles. The van der Waals surface area contributed by atoms with Crippen LogP contribution >= 0.6 is 0 Å². The fourth-order valence-corrected chi connectivity index (χ4v) is 2.72. The molecular formula is C17H18N4O4. The standard InChI is InChI=1S/C17H18N4O4/c1-20-10-12(15(22)18-8-9-25-2)13-14(20)16(23)21(17(24)19-13)11-6-4-3-5-7-11/h3-7,10H,8-9H2,1-2H3,(H,18,22)(H,19,24). The fraction of sp³-hybridized carbons (Fsp3) is 0.235. The van der Waals surface area contributed by atoms with Gasteiger partial charge >= 0.3 is 5.69 Å². The van der Waals surface area contributed by atoms with Crippen LogP contribution in [0.3, 0.4) is 0 Å². The maximum absolute atomic E-state index is 12.8. The highest BCUT2D eigenvalue weighted by Crippen LogP contribution is 2.14. The Balaban J connectivity index is 2.16. The lowest BCUT2D eigenvalue weighted by atomic mass is 10.2. The van der Waals surface area contributed by atoms with Crippen molar-refractivity contribution in [2.75, 3.05) is 20.3 Å². The molecule has 2 heterocycles. The molecule has 0 atom stereocenters. The zero-order valence-corrected chi connectivity index (χ0v) is 13.9. The van der Waals surface area contributed by atoms with Gasteiger partial charge in [0.15, 0.2) is 0 Å². The Morgan fingerprint density at radius 1 is 1.24 bits per heavy atom. The molecule has 0 bridgehead atoms. The van der Waals surface area contributed by atoms with Gasteiger partial charge in [-0.3, -0.25) is 9.59 Å². The van der Waals surface area contributed by atoms with E-state index in [4.69, 9.17) is 4.74 Å². The first kappa shape index (κ1) is 16.7. The van der Waals surface area contributed by atoms with Crippen LogP contribution in [0.5, 0.6) is 0 Å². The molecule has 3 rings (SSSR count). The number of benzene rings is 1. The molecule has 0 aliphatic heterocycles. The van der Waals surface area contributed by atoms with Gasteiger partial charge in [-0.15, -0.1) is 0 Å². The summed E-state index contributed by atoms with van der Waals surface area (Å²) in [4.78, 5) is 40.2. The number of methoxy groups -OCH3 is 1. The highest BCUT2D eigenvalue weighted by atomic mass is 16.5. The lowest BCUT2D eigenvalue weighted by Crippen LogP contribution is -2.34. The number of rotatable bonds is 5. The minimum Gasteiger partial charge on any atom is -0.383 e. The monoisotopic (exact) mass is 342 g/mol. The van der Waals surface area contributed by atoms with Crippen LogP contribution in [-0.4, -0.2) is 40.3 Å². The third-order valence-corrected chi connectivity index (χ3v) is 3.87. The Kier molecular flexibility index (Phi) is 4.53. The number of aryl methyl sites for hydroxylation is 1. The van der Waals surface area contributed by atoms with Gasteiger partial charge in [-0.05, 0) is 12.1 Å². The summed E-state index contributed by atoms with van der Waals surface area (Å²) in [6, 6.07) is 8.62. The molecule has 3 aromatic rings. The summed E-state index contributed by atoms with van der Waals surface area (Å²) in [7, 11) is 3.19. The Bertz CT molecular complexity index is 1030. The van der Waals surface area contributed by atoms with Crippen LogP contribution in [0.15, 0.2) is 46.1 Å². The Hall–Kier alpha value is -3.13. The van der Waals surface area contributed by atoms with E-state index < -0.39 is 11.2 Å². The number of aromatic amines is 1. The topological polar surface area (TPSA) is 98.1 Å². The molecule has 0 fully saturated rings. The summed E-state index contributed by atoms with van der Waals surface area (Å²) >= 11 is 0. The molecule has 0 aliphatic rings. The van der Waals surface area contributed by atoms with E-state index in [1.165, 1.54) is 17.9 Å². The lowest BCUT2D eigenvalue weighted by molar-refractivity contribution is 0.0938. The average Bonchev–Trinajstić information content (AvgIpc) is 2.92. The Labute approximate surface area is 142 Å². The highest BCUT2D eigenvalue weighted by molar-refractivity contribution is 6.05. The smallest absolute Gasteiger partial charge is 0.333 e. The van der Waals surface area contributed by atoms with Crippen LogP contribution in [0.25, 0.3) is 16.7 Å². The first-order chi connectivity index (χ1) is 12.0. The normalized spacial score (nSPS) is 11.0. The number of nitrogens with one attached hydrogen (secondary N) is 2. The van der Waals surface area contributed by atoms with Gasteiger partial charge in [-0.1, -0.05) is 18.2 Å². The van der Waals surface area contributed by atoms with Crippen molar-refractivity contribution < 1.29 is 9.53 Å². The predicted molar refractivity (Wildman–Crippen MR) is 93.3 cm³/mol. The van der Waals surface area contributed by atoms with E-state index in [9.17, 15) is 14.4 Å². The van der Waals surface area contributed by atoms with Crippen molar-refractivity contribution in [3.8, 4) is 5.69 Å². The van der Waals surface area contributed by atoms with Gasteiger partial charge in [-0.2, -0.15) is 0 Å². The molecule has 1 amide bonds. The van der Waals surface area contributed by atoms with E-state index in [1.54, 1.807) is 37.4 Å². The van der Waals surface area contributed by atoms with E-state index >= 15 is 0 Å². The van der Waals surface area contributed by atoms with Crippen LogP contribution in [0.2, 0.25) is 0 Å². The van der Waals surface area contributed by atoms with Crippen molar-refractivity contribution in [1.82, 2.24) is 19.4 Å². The van der Waals surface area contributed by atoms with Gasteiger partial charge in [0, 0.05) is 26.9 Å². The van der Waals surface area contributed by atoms with Crippen molar-refractivity contribution in [3.63, 3.8) is 0 Å². The van der Waals surface area contributed by atoms with E-state index in [2.05, 4.69) is 10.3 Å². The number of aromatic nitrogens is 3. The predicted octanol–water partition coefficient (Wildman–Crippen LogP) is 0.394. The minimum atomic E-state index is -0.596. The van der Waals surface area contributed by atoms with Gasteiger partial charge in [0.25, 0.3) is 11.5 Å². The van der Waals surface area contributed by atoms with Crippen LogP contribution in [0.4, 0.5) is 0 Å². The quantitative estimate of drug-likeness (QED) is 0.656. The number of fused-ring (bicyclic) bond motifs is 1. The van der Waals surface area contributed by atoms with Gasteiger partial charge in [-0.25, -0.2) is 9.36 Å². The summed E-state index contributed by atoms with van der Waals surface area (Å²) in [6.07, 6.45) is 1.53. The minimum absolute atomic E-state index is 0.222. The van der Waals surface area contributed by atoms with E-state index in [0.717, 1.165) is 4.57 Å². The van der Waals surface area contributed by atoms with E-state index in [1.807, 2.05) is 0 Å². The van der Waals surface area contributed by atoms with E-state index in [-0.39, 0.29) is 22.5 Å². The summed E-state index contributed by atoms with van der Waals surface area (Å²) in [5, 5.41) is 2.68. The first-order valence-corrected chi connectivity index (χ1v) is 7.71. The summed E-state index contributed by atoms with van der Waals surface area (Å²) in [6.45, 7) is 0.699. The number of carbonyl (C=O) groups excluding carboxylic acids is 1. The average molecular weight is 342 g/mol. The Morgan fingerprint density at radius 2 is 1.96 bits per heavy atom. The lowest BCUT2D eigenvalue weighted by Gasteiger charge is -2.06. The number of H-pyrrole nitrogens is 1. The second-order valence-corrected chi connectivity index (χ2v) is 5.53. The SMILES string of the molecule is COCCNC(=O)c1cn(C)c2c(=O)n(-c3ccccc3)c(=O)[nH]c12. The number of amides is 1. The molecule has 130 valence electrons. The molecule has 25 heavy (non-hydrogen) atoms. The number of ether oxygens (including phenoxy) is 1. The molecule has 0 radical (unpaired) electrons. The third kappa shape index (κ3) is 2.99. The number of para-hydroxylation sites is 1. The highest BCUT2D eigenvalue weighted by Gasteiger charge is 2.19. The second kappa shape index (κ2) is 6.78. The molecule has 2 N–H and O–H groups in total. The molecule has 0 spiro atoms. The number of hydrogen-bond donors (Lipinski definition) is 2. The molecular weight excluding hydrogens is 324 g/mol. The van der Waals surface area contributed by atoms with Crippen LogP contribution in [0, 0.1) is 0 Å². The van der Waals surface area contributed by atoms with Gasteiger partial charge in [0.1, 0.15) is 5.52 Å². The summed E-state index contributed by atoms with van der Waals surface area (Å²) in [5.41, 5.74) is 0.0927. The van der Waals surface area contributed by atoms with Crippen molar-refractivity contribution >= 4 is 16.9 Å². The number of hydrogen-bond acceptors (Lipinski definition) is 4. The number of nitrogens with zero attached hydrogens (tertiary/aromatic N) is 2.